The molecule has 0 aliphatic rings. The molecule has 0 saturated carbocycles. The number of nitriles is 1. The minimum Gasteiger partial charge on any atom is -0.309 e. The van der Waals surface area contributed by atoms with Gasteiger partial charge in [0.2, 0.25) is 0 Å². The average molecular weight is 886 g/mol. The molecule has 0 saturated heterocycles. The summed E-state index contributed by atoms with van der Waals surface area (Å²) in [5.74, 6) is 1.71. The van der Waals surface area contributed by atoms with Crippen molar-refractivity contribution in [1.82, 2.24) is 28.7 Å². The van der Waals surface area contributed by atoms with Gasteiger partial charge >= 0.3 is 0 Å². The second kappa shape index (κ2) is 15.7. The molecule has 0 aliphatic carbocycles. The Morgan fingerprint density at radius 2 is 0.739 bits per heavy atom. The molecule has 9 nitrogen and oxygen atoms in total. The molecule has 0 atom stereocenters. The van der Waals surface area contributed by atoms with Gasteiger partial charge in [0.1, 0.15) is 0 Å². The largest absolute Gasteiger partial charge is 0.309 e. The molecular formula is C60H35N7O2. The number of aromatic nitrogens is 6. The van der Waals surface area contributed by atoms with E-state index in [0.29, 0.717) is 50.3 Å². The Hall–Kier alpha value is -9.78. The van der Waals surface area contributed by atoms with Gasteiger partial charge in [-0.15, -0.1) is 0 Å². The van der Waals surface area contributed by atoms with Crippen molar-refractivity contribution in [1.29, 1.82) is 5.26 Å². The molecule has 69 heavy (non-hydrogen) atoms. The lowest BCUT2D eigenvalue weighted by Crippen LogP contribution is -2.28. The van der Waals surface area contributed by atoms with Gasteiger partial charge in [0, 0.05) is 55.0 Å². The molecule has 4 heterocycles. The molecule has 0 radical (unpaired) electrons. The standard InChI is InChI=1S/C60H35N7O2/c61-36-37-15-14-22-43(31-37)67-59(68)50-33-49-45-24-11-13-26-53(45)66(42-29-27-40(28-30-42)58-63-56(38-16-4-1-5-17-38)62-57(64-58)39-18-6-2-7-19-39)54(49)34-47(50)46-32-48-44-23-10-12-25-52(44)65(41-20-8-3-9-21-41)55(48)35-51(46)60(67)69/h1-35H. The summed E-state index contributed by atoms with van der Waals surface area (Å²) in [5.41, 5.74) is 7.76. The topological polar surface area (TPSA) is 111 Å². The highest BCUT2D eigenvalue weighted by Crippen LogP contribution is 2.39. The van der Waals surface area contributed by atoms with E-state index in [0.717, 1.165) is 71.7 Å². The summed E-state index contributed by atoms with van der Waals surface area (Å²) in [5, 5.41) is 15.7. The molecule has 13 rings (SSSR count). The van der Waals surface area contributed by atoms with E-state index in [4.69, 9.17) is 15.0 Å². The quantitative estimate of drug-likeness (QED) is 0.164. The summed E-state index contributed by atoms with van der Waals surface area (Å²) in [6, 6.07) is 71.3. The third-order valence-corrected chi connectivity index (χ3v) is 13.1. The Morgan fingerprint density at radius 3 is 1.29 bits per heavy atom. The number of rotatable bonds is 6. The first kappa shape index (κ1) is 39.6. The predicted molar refractivity (Wildman–Crippen MR) is 276 cm³/mol. The fourth-order valence-corrected chi connectivity index (χ4v) is 9.94. The van der Waals surface area contributed by atoms with E-state index in [1.165, 1.54) is 4.57 Å². The molecule has 0 amide bonds. The van der Waals surface area contributed by atoms with E-state index in [2.05, 4.69) is 63.7 Å². The van der Waals surface area contributed by atoms with E-state index in [1.807, 2.05) is 140 Å². The maximum atomic E-state index is 15.3. The van der Waals surface area contributed by atoms with E-state index >= 15 is 9.59 Å². The first-order chi connectivity index (χ1) is 34.0. The van der Waals surface area contributed by atoms with Crippen molar-refractivity contribution >= 4 is 65.2 Å². The van der Waals surface area contributed by atoms with Gasteiger partial charge in [-0.25, -0.2) is 19.5 Å². The third-order valence-electron chi connectivity index (χ3n) is 13.1. The lowest BCUT2D eigenvalue weighted by molar-refractivity contribution is 0.975. The minimum atomic E-state index is -0.481. The summed E-state index contributed by atoms with van der Waals surface area (Å²) in [4.78, 5) is 45.4. The van der Waals surface area contributed by atoms with Crippen LogP contribution in [0.1, 0.15) is 5.56 Å². The Kier molecular flexibility index (Phi) is 9.00. The summed E-state index contributed by atoms with van der Waals surface area (Å²) in [6.07, 6.45) is 0. The van der Waals surface area contributed by atoms with Gasteiger partial charge in [-0.05, 0) is 102 Å². The van der Waals surface area contributed by atoms with Crippen molar-refractivity contribution in [3.05, 3.63) is 239 Å². The van der Waals surface area contributed by atoms with Gasteiger partial charge in [-0.2, -0.15) is 5.26 Å². The van der Waals surface area contributed by atoms with Gasteiger partial charge in [0.15, 0.2) is 17.5 Å². The second-order valence-corrected chi connectivity index (χ2v) is 17.1. The normalized spacial score (nSPS) is 11.6. The molecule has 0 unspecified atom stereocenters. The van der Waals surface area contributed by atoms with Crippen LogP contribution in [-0.2, 0) is 0 Å². The van der Waals surface area contributed by atoms with Crippen LogP contribution in [0.25, 0.3) is 116 Å². The highest BCUT2D eigenvalue weighted by Gasteiger charge is 2.22. The zero-order chi connectivity index (χ0) is 46.2. The molecule has 0 spiro atoms. The van der Waals surface area contributed by atoms with E-state index < -0.39 is 11.1 Å². The van der Waals surface area contributed by atoms with Crippen LogP contribution in [0.2, 0.25) is 0 Å². The Labute approximate surface area is 393 Å². The first-order valence-electron chi connectivity index (χ1n) is 22.6. The monoisotopic (exact) mass is 885 g/mol. The highest BCUT2D eigenvalue weighted by molar-refractivity contribution is 6.21. The summed E-state index contributed by atoms with van der Waals surface area (Å²) < 4.78 is 5.60. The molecular weight excluding hydrogens is 851 g/mol. The van der Waals surface area contributed by atoms with Crippen LogP contribution in [0.5, 0.6) is 0 Å². The molecule has 0 N–H and O–H groups in total. The zero-order valence-electron chi connectivity index (χ0n) is 36.7. The van der Waals surface area contributed by atoms with E-state index in [1.54, 1.807) is 24.3 Å². The maximum Gasteiger partial charge on any atom is 0.266 e. The van der Waals surface area contributed by atoms with Gasteiger partial charge in [-0.1, -0.05) is 121 Å². The average Bonchev–Trinajstić information content (AvgIpc) is 3.90. The molecule has 9 heteroatoms. The van der Waals surface area contributed by atoms with E-state index in [-0.39, 0.29) is 0 Å². The Balaban J connectivity index is 1.09. The second-order valence-electron chi connectivity index (χ2n) is 17.1. The third kappa shape index (κ3) is 6.35. The van der Waals surface area contributed by atoms with Gasteiger partial charge in [0.25, 0.3) is 11.1 Å². The van der Waals surface area contributed by atoms with Crippen molar-refractivity contribution in [2.75, 3.05) is 0 Å². The fraction of sp³-hybridized carbons (Fsp3) is 0. The fourth-order valence-electron chi connectivity index (χ4n) is 9.94. The summed E-state index contributed by atoms with van der Waals surface area (Å²) in [7, 11) is 0. The molecule has 0 aliphatic heterocycles. The van der Waals surface area contributed by atoms with Gasteiger partial charge in [0.05, 0.1) is 44.8 Å². The first-order valence-corrected chi connectivity index (χ1v) is 22.6. The number of para-hydroxylation sites is 3. The zero-order valence-corrected chi connectivity index (χ0v) is 36.7. The smallest absolute Gasteiger partial charge is 0.266 e. The Morgan fingerprint density at radius 1 is 0.319 bits per heavy atom. The number of hydrogen-bond donors (Lipinski definition) is 0. The number of nitrogens with zero attached hydrogens (tertiary/aromatic N) is 7. The predicted octanol–water partition coefficient (Wildman–Crippen LogP) is 12.8. The van der Waals surface area contributed by atoms with Crippen molar-refractivity contribution in [3.8, 4) is 57.3 Å². The lowest BCUT2D eigenvalue weighted by Gasteiger charge is -2.11. The van der Waals surface area contributed by atoms with Crippen molar-refractivity contribution in [3.63, 3.8) is 0 Å². The maximum absolute atomic E-state index is 15.3. The lowest BCUT2D eigenvalue weighted by atomic mass is 10.0. The Bertz CT molecular complexity index is 4340. The van der Waals surface area contributed by atoms with Crippen LogP contribution in [0.4, 0.5) is 0 Å². The molecule has 0 bridgehead atoms. The van der Waals surface area contributed by atoms with Gasteiger partial charge < -0.3 is 9.13 Å². The van der Waals surface area contributed by atoms with Gasteiger partial charge in [-0.3, -0.25) is 9.59 Å². The van der Waals surface area contributed by atoms with Crippen LogP contribution < -0.4 is 11.1 Å². The van der Waals surface area contributed by atoms with Crippen molar-refractivity contribution < 1.29 is 0 Å². The summed E-state index contributed by atoms with van der Waals surface area (Å²) >= 11 is 0. The van der Waals surface area contributed by atoms with E-state index in [9.17, 15) is 5.26 Å². The van der Waals surface area contributed by atoms with Crippen molar-refractivity contribution in [2.45, 2.75) is 0 Å². The summed E-state index contributed by atoms with van der Waals surface area (Å²) in [6.45, 7) is 0. The van der Waals surface area contributed by atoms with Crippen LogP contribution in [-0.4, -0.2) is 28.7 Å². The SMILES string of the molecule is N#Cc1cccc(-n2c(=O)c3cc4c(cc3c3cc5c(cc3c2=O)c2ccccc2n5-c2ccc(-c3nc(-c5ccccc5)nc(-c5ccccc5)n3)cc2)c2ccccc2n4-c2ccccc2)c1. The number of hydrogen-bond acceptors (Lipinski definition) is 6. The number of benzene rings is 9. The van der Waals surface area contributed by atoms with Crippen molar-refractivity contribution in [2.24, 2.45) is 0 Å². The van der Waals surface area contributed by atoms with Crippen LogP contribution in [0.3, 0.4) is 0 Å². The van der Waals surface area contributed by atoms with Crippen LogP contribution in [0.15, 0.2) is 222 Å². The minimum absolute atomic E-state index is 0.319. The molecule has 322 valence electrons. The molecule has 0 fully saturated rings. The molecule has 13 aromatic rings. The molecule has 4 aromatic heterocycles. The molecule has 9 aromatic carbocycles. The number of fused-ring (bicyclic) bond motifs is 9. The highest BCUT2D eigenvalue weighted by atomic mass is 16.2. The van der Waals surface area contributed by atoms with Crippen LogP contribution in [0, 0.1) is 11.3 Å². The van der Waals surface area contributed by atoms with Crippen LogP contribution >= 0.6 is 0 Å².